The zero-order valence-corrected chi connectivity index (χ0v) is 15.3. The van der Waals surface area contributed by atoms with Crippen LogP contribution in [0.25, 0.3) is 19.6 Å². The molecule has 0 saturated carbocycles. The van der Waals surface area contributed by atoms with Crippen molar-refractivity contribution >= 4 is 24.1 Å². The fourth-order valence-electron chi connectivity index (χ4n) is 2.84. The van der Waals surface area contributed by atoms with Gasteiger partial charge in [-0.3, -0.25) is 0 Å². The number of hydrogen-bond acceptors (Lipinski definition) is 2. The van der Waals surface area contributed by atoms with E-state index in [9.17, 15) is 0 Å². The van der Waals surface area contributed by atoms with Gasteiger partial charge in [0.05, 0.1) is 0 Å². The Labute approximate surface area is 147 Å². The Morgan fingerprint density at radius 2 is 1.62 bits per heavy atom. The summed E-state index contributed by atoms with van der Waals surface area (Å²) in [6.45, 7) is 4.15. The Bertz CT molecular complexity index is 985. The predicted molar refractivity (Wildman–Crippen MR) is 100 cm³/mol. The van der Waals surface area contributed by atoms with Crippen LogP contribution in [0.15, 0.2) is 66.9 Å². The Kier molecular flexibility index (Phi) is 3.97. The van der Waals surface area contributed by atoms with E-state index in [1.54, 1.807) is 0 Å². The molecule has 118 valence electrons. The molecule has 4 aromatic rings. The number of ether oxygens (including phenoxy) is 1. The Hall–Kier alpha value is -2.35. The standard InChI is InChI=1S/C21H17NOSe/c1-14-8-15(2)10-18(9-14)23-21-12-17-11-19(24-20(17)13-22-21)16-6-4-3-5-7-16/h3-13H,1-2H3. The van der Waals surface area contributed by atoms with Crippen LogP contribution in [0.1, 0.15) is 11.1 Å². The fourth-order valence-corrected chi connectivity index (χ4v) is 4.97. The average molecular weight is 378 g/mol. The molecule has 0 fully saturated rings. The van der Waals surface area contributed by atoms with Crippen LogP contribution >= 0.6 is 0 Å². The van der Waals surface area contributed by atoms with E-state index in [2.05, 4.69) is 61.3 Å². The molecule has 0 aliphatic rings. The first-order valence-corrected chi connectivity index (χ1v) is 9.60. The zero-order valence-electron chi connectivity index (χ0n) is 13.6. The molecule has 0 saturated heterocycles. The normalized spacial score (nSPS) is 10.9. The number of benzene rings is 2. The molecule has 2 heterocycles. The summed E-state index contributed by atoms with van der Waals surface area (Å²) in [6.07, 6.45) is 1.96. The van der Waals surface area contributed by atoms with Gasteiger partial charge in [0.1, 0.15) is 0 Å². The van der Waals surface area contributed by atoms with Crippen molar-refractivity contribution in [1.29, 1.82) is 0 Å². The molecule has 2 aromatic carbocycles. The summed E-state index contributed by atoms with van der Waals surface area (Å²) in [5, 5.41) is 1.23. The average Bonchev–Trinajstić information content (AvgIpc) is 2.98. The maximum atomic E-state index is 5.97. The summed E-state index contributed by atoms with van der Waals surface area (Å²) in [4.78, 5) is 4.49. The number of pyridine rings is 1. The molecule has 0 aliphatic heterocycles. The molecular weight excluding hydrogens is 361 g/mol. The summed E-state index contributed by atoms with van der Waals surface area (Å²) in [5.74, 6) is 1.50. The van der Waals surface area contributed by atoms with Crippen LogP contribution in [0.5, 0.6) is 11.6 Å². The topological polar surface area (TPSA) is 22.1 Å². The number of nitrogens with zero attached hydrogens (tertiary/aromatic N) is 1. The maximum absolute atomic E-state index is 5.97. The van der Waals surface area contributed by atoms with Crippen LogP contribution in [0, 0.1) is 13.8 Å². The third kappa shape index (κ3) is 3.14. The van der Waals surface area contributed by atoms with Gasteiger partial charge in [-0.25, -0.2) is 0 Å². The van der Waals surface area contributed by atoms with E-state index in [-0.39, 0.29) is 0 Å². The van der Waals surface area contributed by atoms with E-state index in [0.717, 1.165) is 5.75 Å². The van der Waals surface area contributed by atoms with Gasteiger partial charge < -0.3 is 0 Å². The predicted octanol–water partition coefficient (Wildman–Crippen LogP) is 5.37. The first-order chi connectivity index (χ1) is 11.7. The van der Waals surface area contributed by atoms with Gasteiger partial charge in [-0.05, 0) is 0 Å². The molecule has 0 bridgehead atoms. The summed E-state index contributed by atoms with van der Waals surface area (Å²) in [5.41, 5.74) is 3.69. The second kappa shape index (κ2) is 6.27. The van der Waals surface area contributed by atoms with Crippen molar-refractivity contribution in [1.82, 2.24) is 4.98 Å². The van der Waals surface area contributed by atoms with E-state index >= 15 is 0 Å². The summed E-state index contributed by atoms with van der Waals surface area (Å²) in [6, 6.07) is 21.1. The molecule has 24 heavy (non-hydrogen) atoms. The van der Waals surface area contributed by atoms with Gasteiger partial charge in [-0.1, -0.05) is 0 Å². The first-order valence-electron chi connectivity index (χ1n) is 7.88. The zero-order chi connectivity index (χ0) is 16.5. The molecule has 0 spiro atoms. The van der Waals surface area contributed by atoms with Crippen molar-refractivity contribution in [3.05, 3.63) is 78.0 Å². The quantitative estimate of drug-likeness (QED) is 0.447. The van der Waals surface area contributed by atoms with Crippen molar-refractivity contribution in [2.45, 2.75) is 13.8 Å². The van der Waals surface area contributed by atoms with Crippen molar-refractivity contribution in [2.75, 3.05) is 0 Å². The van der Waals surface area contributed by atoms with Crippen LogP contribution in [0.3, 0.4) is 0 Å². The van der Waals surface area contributed by atoms with Crippen molar-refractivity contribution < 1.29 is 4.74 Å². The molecular formula is C21H17NOSe. The minimum absolute atomic E-state index is 0.308. The second-order valence-electron chi connectivity index (χ2n) is 5.96. The summed E-state index contributed by atoms with van der Waals surface area (Å²) >= 11 is 0.308. The molecule has 3 heteroatoms. The van der Waals surface area contributed by atoms with Crippen LogP contribution in [-0.4, -0.2) is 19.5 Å². The SMILES string of the molecule is Cc1cc(C)cc(Oc2cc3cc(-c4ccccc4)[se]c3cn2)c1. The van der Waals surface area contributed by atoms with Crippen LogP contribution < -0.4 is 4.74 Å². The van der Waals surface area contributed by atoms with Crippen molar-refractivity contribution in [3.8, 4) is 21.6 Å². The Morgan fingerprint density at radius 3 is 2.38 bits per heavy atom. The molecule has 4 rings (SSSR count). The van der Waals surface area contributed by atoms with Crippen LogP contribution in [-0.2, 0) is 0 Å². The molecule has 2 nitrogen and oxygen atoms in total. The molecule has 0 radical (unpaired) electrons. The van der Waals surface area contributed by atoms with E-state index in [1.807, 2.05) is 24.4 Å². The molecule has 2 aromatic heterocycles. The van der Waals surface area contributed by atoms with Gasteiger partial charge in [-0.15, -0.1) is 0 Å². The van der Waals surface area contributed by atoms with Crippen LogP contribution in [0.2, 0.25) is 0 Å². The van der Waals surface area contributed by atoms with E-state index in [4.69, 9.17) is 4.74 Å². The van der Waals surface area contributed by atoms with Gasteiger partial charge in [0.25, 0.3) is 0 Å². The third-order valence-electron chi connectivity index (χ3n) is 3.85. The third-order valence-corrected chi connectivity index (χ3v) is 6.24. The first kappa shape index (κ1) is 15.2. The number of rotatable bonds is 3. The van der Waals surface area contributed by atoms with E-state index in [0.29, 0.717) is 20.4 Å². The van der Waals surface area contributed by atoms with Gasteiger partial charge in [-0.2, -0.15) is 0 Å². The molecule has 0 unspecified atom stereocenters. The minimum atomic E-state index is 0.308. The van der Waals surface area contributed by atoms with E-state index < -0.39 is 0 Å². The van der Waals surface area contributed by atoms with Crippen LogP contribution in [0.4, 0.5) is 0 Å². The second-order valence-corrected chi connectivity index (χ2v) is 8.24. The van der Waals surface area contributed by atoms with Gasteiger partial charge in [0.2, 0.25) is 0 Å². The summed E-state index contributed by atoms with van der Waals surface area (Å²) in [7, 11) is 0. The number of aromatic nitrogens is 1. The molecule has 0 amide bonds. The van der Waals surface area contributed by atoms with Gasteiger partial charge in [0, 0.05) is 0 Å². The molecule has 0 aliphatic carbocycles. The van der Waals surface area contributed by atoms with Gasteiger partial charge >= 0.3 is 147 Å². The van der Waals surface area contributed by atoms with Gasteiger partial charge in [0.15, 0.2) is 0 Å². The number of aryl methyl sites for hydroxylation is 2. The molecule has 0 N–H and O–H groups in total. The van der Waals surface area contributed by atoms with E-state index in [1.165, 1.54) is 30.8 Å². The van der Waals surface area contributed by atoms with Crippen molar-refractivity contribution in [2.24, 2.45) is 0 Å². The Balaban J connectivity index is 1.68. The Morgan fingerprint density at radius 1 is 0.875 bits per heavy atom. The number of fused-ring (bicyclic) bond motifs is 1. The molecule has 0 atom stereocenters. The fraction of sp³-hybridized carbons (Fsp3) is 0.0952. The summed E-state index contributed by atoms with van der Waals surface area (Å²) < 4.78 is 8.68. The van der Waals surface area contributed by atoms with Crippen molar-refractivity contribution in [3.63, 3.8) is 0 Å². The monoisotopic (exact) mass is 379 g/mol. The number of hydrogen-bond donors (Lipinski definition) is 0.